The average molecular weight is 1080 g/mol. The average Bonchev–Trinajstić information content (AvgIpc) is 3.40. The van der Waals surface area contributed by atoms with Crippen molar-refractivity contribution in [1.29, 1.82) is 0 Å². The first-order chi connectivity index (χ1) is 37.6. The molecule has 440 valence electrons. The van der Waals surface area contributed by atoms with Crippen LogP contribution in [0.5, 0.6) is 0 Å². The second-order valence-electron chi connectivity index (χ2n) is 21.6. The van der Waals surface area contributed by atoms with E-state index in [2.05, 4.69) is 123 Å². The molecule has 0 aromatic heterocycles. The summed E-state index contributed by atoms with van der Waals surface area (Å²) in [5.74, 6) is -2.01. The highest BCUT2D eigenvalue weighted by atomic mass is 16.7. The molecule has 0 aliphatic heterocycles. The first kappa shape index (κ1) is 73.0. The van der Waals surface area contributed by atoms with Crippen molar-refractivity contribution in [2.45, 2.75) is 257 Å². The number of ether oxygens (including phenoxy) is 4. The number of hydrogen-bond donors (Lipinski definition) is 1. The summed E-state index contributed by atoms with van der Waals surface area (Å²) in [6.07, 6.45) is 77.4. The zero-order valence-electron chi connectivity index (χ0n) is 50.1. The Balaban J connectivity index is 4.22. The van der Waals surface area contributed by atoms with Gasteiger partial charge in [0.15, 0.2) is 6.10 Å². The summed E-state index contributed by atoms with van der Waals surface area (Å²) >= 11 is 0. The van der Waals surface area contributed by atoms with Gasteiger partial charge in [-0.25, -0.2) is 4.79 Å². The number of nitrogens with zero attached hydrogens (tertiary/aromatic N) is 1. The number of allylic oxidation sites excluding steroid dienone is 18. The molecule has 0 amide bonds. The van der Waals surface area contributed by atoms with Crippen molar-refractivity contribution < 1.29 is 42.9 Å². The summed E-state index contributed by atoms with van der Waals surface area (Å²) in [6, 6.07) is 0. The number of quaternary nitrogens is 1. The lowest BCUT2D eigenvalue weighted by atomic mass is 10.0. The quantitative estimate of drug-likeness (QED) is 0.0211. The Morgan fingerprint density at radius 3 is 1.04 bits per heavy atom. The SMILES string of the molecule is CC/C=C\C/C=C\C/C=C\C/C=C\C/C=C\CCCCCCCCCCCCCC(=O)OC(COC(=O)CCCCCCCCCCCCCC/C=C\C/C=C\C/C=C\C/C=C\CC)COC(OCC[N+](C)(C)C)C(=O)O. The lowest BCUT2D eigenvalue weighted by molar-refractivity contribution is -0.870. The molecule has 0 bridgehead atoms. The number of carboxylic acids is 1. The van der Waals surface area contributed by atoms with Crippen LogP contribution in [0.3, 0.4) is 0 Å². The highest BCUT2D eigenvalue weighted by molar-refractivity contribution is 5.71. The standard InChI is InChI=1S/C68H115NO8/c1-6-8-10-12-14-16-18-20-22-24-26-28-30-32-33-35-37-39-41-43-45-47-49-51-53-55-57-59-66(71)77-64(63-76-68(67(72)73)74-61-60-69(3,4)5)62-75-65(70)58-56-54-52-50-48-46-44-42-40-38-36-34-31-29-27-25-23-21-19-17-15-13-11-9-7-2/h8-11,14-17,20-23,26-29,32-33,64,68H,6-7,12-13,18-19,24-25,30-31,34-63H2,1-5H3/p+1/b10-8-,11-9-,16-14-,17-15-,22-20-,23-21-,28-26-,29-27-,33-32-. The molecule has 0 aliphatic carbocycles. The third kappa shape index (κ3) is 59.5. The number of likely N-dealkylation sites (N-methyl/N-ethyl adjacent to an activating group) is 1. The molecule has 0 saturated heterocycles. The van der Waals surface area contributed by atoms with Gasteiger partial charge in [0.1, 0.15) is 13.2 Å². The molecule has 0 heterocycles. The first-order valence-electron chi connectivity index (χ1n) is 31.1. The van der Waals surface area contributed by atoms with E-state index in [9.17, 15) is 19.5 Å². The van der Waals surface area contributed by atoms with Crippen LogP contribution >= 0.6 is 0 Å². The first-order valence-corrected chi connectivity index (χ1v) is 31.1. The number of aliphatic carboxylic acids is 1. The summed E-state index contributed by atoms with van der Waals surface area (Å²) in [7, 11) is 5.97. The van der Waals surface area contributed by atoms with E-state index in [4.69, 9.17) is 18.9 Å². The van der Waals surface area contributed by atoms with Gasteiger partial charge in [-0.05, 0) is 96.3 Å². The molecule has 0 spiro atoms. The molecular formula is C68H116NO8+. The monoisotopic (exact) mass is 1070 g/mol. The Bertz CT molecular complexity index is 1630. The van der Waals surface area contributed by atoms with E-state index in [1.165, 1.54) is 109 Å². The van der Waals surface area contributed by atoms with Crippen molar-refractivity contribution in [2.24, 2.45) is 0 Å². The molecule has 0 fully saturated rings. The fourth-order valence-electron chi connectivity index (χ4n) is 8.33. The molecule has 0 aliphatic rings. The van der Waals surface area contributed by atoms with Gasteiger partial charge in [0, 0.05) is 12.8 Å². The smallest absolute Gasteiger partial charge is 0.361 e. The second kappa shape index (κ2) is 58.1. The number of esters is 2. The molecule has 2 atom stereocenters. The molecule has 77 heavy (non-hydrogen) atoms. The molecule has 9 heteroatoms. The van der Waals surface area contributed by atoms with Crippen LogP contribution in [0, 0.1) is 0 Å². The number of carbonyl (C=O) groups is 3. The van der Waals surface area contributed by atoms with E-state index >= 15 is 0 Å². The van der Waals surface area contributed by atoms with Gasteiger partial charge < -0.3 is 28.5 Å². The van der Waals surface area contributed by atoms with E-state index in [-0.39, 0.29) is 32.2 Å². The molecular weight excluding hydrogens is 959 g/mol. The van der Waals surface area contributed by atoms with Gasteiger partial charge in [0.25, 0.3) is 6.29 Å². The third-order valence-electron chi connectivity index (χ3n) is 13.0. The maximum atomic E-state index is 12.9. The minimum atomic E-state index is -1.52. The maximum Gasteiger partial charge on any atom is 0.361 e. The van der Waals surface area contributed by atoms with Crippen LogP contribution in [0.4, 0.5) is 0 Å². The Hall–Kier alpha value is -4.05. The zero-order chi connectivity index (χ0) is 56.2. The third-order valence-corrected chi connectivity index (χ3v) is 13.0. The maximum absolute atomic E-state index is 12.9. The van der Waals surface area contributed by atoms with Crippen LogP contribution in [0.25, 0.3) is 0 Å². The van der Waals surface area contributed by atoms with Crippen molar-refractivity contribution in [2.75, 3.05) is 47.5 Å². The van der Waals surface area contributed by atoms with Gasteiger partial charge in [-0.2, -0.15) is 0 Å². The molecule has 0 rings (SSSR count). The Morgan fingerprint density at radius 2 is 0.701 bits per heavy atom. The molecule has 0 saturated carbocycles. The molecule has 0 radical (unpaired) electrons. The molecule has 9 nitrogen and oxygen atoms in total. The Kier molecular flexibility index (Phi) is 55.1. The number of unbranched alkanes of at least 4 members (excludes halogenated alkanes) is 23. The predicted molar refractivity (Wildman–Crippen MR) is 327 cm³/mol. The van der Waals surface area contributed by atoms with E-state index < -0.39 is 24.3 Å². The van der Waals surface area contributed by atoms with E-state index in [0.717, 1.165) is 103 Å². The van der Waals surface area contributed by atoms with Gasteiger partial charge >= 0.3 is 17.9 Å². The Morgan fingerprint density at radius 1 is 0.390 bits per heavy atom. The van der Waals surface area contributed by atoms with Crippen LogP contribution in [0.15, 0.2) is 109 Å². The molecule has 1 N–H and O–H groups in total. The number of rotatable bonds is 56. The van der Waals surface area contributed by atoms with Gasteiger partial charge in [-0.1, -0.05) is 245 Å². The van der Waals surface area contributed by atoms with E-state index in [1.807, 2.05) is 21.1 Å². The number of carboxylic acid groups (broad SMARTS) is 1. The van der Waals surface area contributed by atoms with Crippen LogP contribution in [-0.2, 0) is 33.3 Å². The molecule has 0 aromatic rings. The largest absolute Gasteiger partial charge is 0.477 e. The fraction of sp³-hybridized carbons (Fsp3) is 0.691. The van der Waals surface area contributed by atoms with Gasteiger partial charge in [-0.3, -0.25) is 9.59 Å². The summed E-state index contributed by atoms with van der Waals surface area (Å²) in [5.41, 5.74) is 0. The van der Waals surface area contributed by atoms with Crippen LogP contribution in [0.1, 0.15) is 245 Å². The second-order valence-corrected chi connectivity index (χ2v) is 21.6. The van der Waals surface area contributed by atoms with Crippen LogP contribution in [-0.4, -0.2) is 87.4 Å². The molecule has 2 unspecified atom stereocenters. The Labute approximate surface area is 473 Å². The lowest BCUT2D eigenvalue weighted by Gasteiger charge is -2.25. The van der Waals surface area contributed by atoms with E-state index in [1.54, 1.807) is 0 Å². The topological polar surface area (TPSA) is 108 Å². The van der Waals surface area contributed by atoms with Gasteiger partial charge in [0.05, 0.1) is 34.4 Å². The normalized spacial score (nSPS) is 13.5. The highest BCUT2D eigenvalue weighted by Gasteiger charge is 2.25. The van der Waals surface area contributed by atoms with Crippen molar-refractivity contribution in [3.05, 3.63) is 109 Å². The number of carbonyl (C=O) groups excluding carboxylic acids is 2. The fourth-order valence-corrected chi connectivity index (χ4v) is 8.33. The van der Waals surface area contributed by atoms with Crippen molar-refractivity contribution in [3.63, 3.8) is 0 Å². The van der Waals surface area contributed by atoms with Crippen molar-refractivity contribution in [1.82, 2.24) is 0 Å². The van der Waals surface area contributed by atoms with Crippen LogP contribution in [0.2, 0.25) is 0 Å². The predicted octanol–water partition coefficient (Wildman–Crippen LogP) is 18.7. The minimum absolute atomic E-state index is 0.182. The van der Waals surface area contributed by atoms with Gasteiger partial charge in [-0.15, -0.1) is 0 Å². The highest BCUT2D eigenvalue weighted by Crippen LogP contribution is 2.16. The minimum Gasteiger partial charge on any atom is -0.477 e. The van der Waals surface area contributed by atoms with Crippen LogP contribution < -0.4 is 0 Å². The zero-order valence-corrected chi connectivity index (χ0v) is 50.1. The summed E-state index contributed by atoms with van der Waals surface area (Å²) in [5, 5.41) is 9.72. The van der Waals surface area contributed by atoms with Gasteiger partial charge in [0.2, 0.25) is 0 Å². The molecule has 0 aromatic carbocycles. The van der Waals surface area contributed by atoms with Crippen molar-refractivity contribution in [3.8, 4) is 0 Å². The van der Waals surface area contributed by atoms with Crippen molar-refractivity contribution >= 4 is 17.9 Å². The summed E-state index contributed by atoms with van der Waals surface area (Å²) in [6.45, 7) is 4.65. The summed E-state index contributed by atoms with van der Waals surface area (Å²) < 4.78 is 22.9. The summed E-state index contributed by atoms with van der Waals surface area (Å²) in [4.78, 5) is 37.5. The number of hydrogen-bond acceptors (Lipinski definition) is 7. The lowest BCUT2D eigenvalue weighted by Crippen LogP contribution is -2.40. The van der Waals surface area contributed by atoms with E-state index in [0.29, 0.717) is 23.9 Å².